The van der Waals surface area contributed by atoms with Gasteiger partial charge in [-0.1, -0.05) is 34.9 Å². The Morgan fingerprint density at radius 1 is 0.933 bits per heavy atom. The van der Waals surface area contributed by atoms with Crippen LogP contribution >= 0.6 is 12.2 Å². The van der Waals surface area contributed by atoms with Crippen LogP contribution in [-0.2, 0) is 0 Å². The second-order valence-electron chi connectivity index (χ2n) is 7.36. The van der Waals surface area contributed by atoms with Gasteiger partial charge in [-0.2, -0.15) is 0 Å². The average molecular weight is 416 g/mol. The number of aromatic nitrogens is 1. The number of anilines is 1. The van der Waals surface area contributed by atoms with Gasteiger partial charge in [0.05, 0.1) is 0 Å². The number of amides is 1. The van der Waals surface area contributed by atoms with Gasteiger partial charge in [0.15, 0.2) is 10.7 Å². The lowest BCUT2D eigenvalue weighted by Crippen LogP contribution is -2.34. The van der Waals surface area contributed by atoms with Crippen molar-refractivity contribution in [1.82, 2.24) is 10.3 Å². The maximum atomic E-state index is 12.5. The molecule has 0 bridgehead atoms. The molecule has 30 heavy (non-hydrogen) atoms. The molecule has 0 spiro atoms. The lowest BCUT2D eigenvalue weighted by molar-refractivity contribution is 0.0977. The first-order valence-corrected chi connectivity index (χ1v) is 9.96. The molecular formula is C24H21N3O2S. The summed E-state index contributed by atoms with van der Waals surface area (Å²) in [5.41, 5.74) is 6.81. The fourth-order valence-corrected chi connectivity index (χ4v) is 3.56. The number of carbonyl (C=O) groups is 1. The normalized spacial score (nSPS) is 10.8. The number of carbonyl (C=O) groups excluding carboxylic acids is 1. The number of nitrogens with zero attached hydrogens (tertiary/aromatic N) is 1. The fourth-order valence-electron chi connectivity index (χ4n) is 3.35. The molecule has 0 saturated heterocycles. The molecule has 0 fully saturated rings. The SMILES string of the molecule is Cc1cc(C)cc(C(=O)NC(=S)Nc2ccc3oc(-c4cccc(C)c4)nc3c2)c1. The molecule has 0 atom stereocenters. The van der Waals surface area contributed by atoms with Crippen LogP contribution in [0.2, 0.25) is 0 Å². The maximum absolute atomic E-state index is 12.5. The first-order valence-electron chi connectivity index (χ1n) is 9.56. The standard InChI is InChI=1S/C24H21N3O2S/c1-14-5-4-6-17(10-14)23-26-20-13-19(7-8-21(20)29-23)25-24(30)27-22(28)18-11-15(2)9-16(3)12-18/h4-13H,1-3H3,(H2,25,27,28,30). The molecular weight excluding hydrogens is 394 g/mol. The van der Waals surface area contributed by atoms with Gasteiger partial charge in [0.2, 0.25) is 5.89 Å². The van der Waals surface area contributed by atoms with Crippen LogP contribution in [0.25, 0.3) is 22.6 Å². The molecule has 5 nitrogen and oxygen atoms in total. The first-order chi connectivity index (χ1) is 14.4. The summed E-state index contributed by atoms with van der Waals surface area (Å²) in [5.74, 6) is 0.320. The zero-order valence-corrected chi connectivity index (χ0v) is 17.8. The Bertz CT molecular complexity index is 1260. The van der Waals surface area contributed by atoms with Crippen LogP contribution in [0, 0.1) is 20.8 Å². The highest BCUT2D eigenvalue weighted by atomic mass is 32.1. The van der Waals surface area contributed by atoms with Crippen molar-refractivity contribution in [2.24, 2.45) is 0 Å². The third kappa shape index (κ3) is 4.39. The number of aryl methyl sites for hydroxylation is 3. The van der Waals surface area contributed by atoms with Crippen LogP contribution in [-0.4, -0.2) is 16.0 Å². The predicted molar refractivity (Wildman–Crippen MR) is 124 cm³/mol. The van der Waals surface area contributed by atoms with Gasteiger partial charge in [0.25, 0.3) is 5.91 Å². The molecule has 1 aromatic heterocycles. The predicted octanol–water partition coefficient (Wildman–Crippen LogP) is 5.55. The summed E-state index contributed by atoms with van der Waals surface area (Å²) in [6.07, 6.45) is 0. The van der Waals surface area contributed by atoms with Crippen molar-refractivity contribution in [3.63, 3.8) is 0 Å². The minimum Gasteiger partial charge on any atom is -0.436 e. The van der Waals surface area contributed by atoms with Gasteiger partial charge >= 0.3 is 0 Å². The van der Waals surface area contributed by atoms with E-state index >= 15 is 0 Å². The molecule has 1 heterocycles. The van der Waals surface area contributed by atoms with Gasteiger partial charge < -0.3 is 9.73 Å². The van der Waals surface area contributed by atoms with E-state index in [1.165, 1.54) is 0 Å². The number of thiocarbonyl (C=S) groups is 1. The zero-order valence-electron chi connectivity index (χ0n) is 16.9. The third-order valence-electron chi connectivity index (χ3n) is 4.62. The number of oxazole rings is 1. The molecule has 0 aliphatic rings. The van der Waals surface area contributed by atoms with Gasteiger partial charge in [-0.25, -0.2) is 4.98 Å². The van der Waals surface area contributed by atoms with E-state index in [-0.39, 0.29) is 11.0 Å². The Balaban J connectivity index is 1.49. The molecule has 1 amide bonds. The van der Waals surface area contributed by atoms with Crippen molar-refractivity contribution in [3.8, 4) is 11.5 Å². The molecule has 150 valence electrons. The summed E-state index contributed by atoms with van der Waals surface area (Å²) in [7, 11) is 0. The smallest absolute Gasteiger partial charge is 0.257 e. The number of hydrogen-bond acceptors (Lipinski definition) is 4. The number of hydrogen-bond donors (Lipinski definition) is 2. The highest BCUT2D eigenvalue weighted by Crippen LogP contribution is 2.26. The third-order valence-corrected chi connectivity index (χ3v) is 4.83. The van der Waals surface area contributed by atoms with E-state index in [9.17, 15) is 4.79 Å². The van der Waals surface area contributed by atoms with Crippen molar-refractivity contribution in [2.75, 3.05) is 5.32 Å². The lowest BCUT2D eigenvalue weighted by Gasteiger charge is -2.10. The summed E-state index contributed by atoms with van der Waals surface area (Å²) in [5, 5.41) is 5.99. The average Bonchev–Trinajstić information content (AvgIpc) is 3.10. The van der Waals surface area contributed by atoms with Crippen molar-refractivity contribution in [3.05, 3.63) is 82.9 Å². The summed E-state index contributed by atoms with van der Waals surface area (Å²) < 4.78 is 5.87. The Morgan fingerprint density at radius 3 is 2.43 bits per heavy atom. The topological polar surface area (TPSA) is 67.2 Å². The van der Waals surface area contributed by atoms with E-state index in [0.29, 0.717) is 22.6 Å². The second kappa shape index (κ2) is 8.08. The summed E-state index contributed by atoms with van der Waals surface area (Å²) in [4.78, 5) is 17.1. The Morgan fingerprint density at radius 2 is 1.70 bits per heavy atom. The van der Waals surface area contributed by atoms with Gasteiger partial charge in [-0.3, -0.25) is 10.1 Å². The molecule has 4 rings (SSSR count). The molecule has 0 aliphatic heterocycles. The van der Waals surface area contributed by atoms with Crippen LogP contribution in [0.15, 0.2) is 65.1 Å². The largest absolute Gasteiger partial charge is 0.436 e. The molecule has 3 aromatic carbocycles. The van der Waals surface area contributed by atoms with Crippen LogP contribution in [0.4, 0.5) is 5.69 Å². The molecule has 0 unspecified atom stereocenters. The summed E-state index contributed by atoms with van der Waals surface area (Å²) in [6.45, 7) is 5.94. The molecule has 2 N–H and O–H groups in total. The number of fused-ring (bicyclic) bond motifs is 1. The molecule has 0 radical (unpaired) electrons. The number of rotatable bonds is 3. The van der Waals surface area contributed by atoms with Crippen LogP contribution in [0.1, 0.15) is 27.0 Å². The molecule has 0 aliphatic carbocycles. The van der Waals surface area contributed by atoms with E-state index in [1.54, 1.807) is 0 Å². The maximum Gasteiger partial charge on any atom is 0.257 e. The van der Waals surface area contributed by atoms with Crippen LogP contribution in [0.5, 0.6) is 0 Å². The van der Waals surface area contributed by atoms with Gasteiger partial charge in [-0.05, 0) is 75.5 Å². The fraction of sp³-hybridized carbons (Fsp3) is 0.125. The van der Waals surface area contributed by atoms with Crippen molar-refractivity contribution >= 4 is 40.0 Å². The lowest BCUT2D eigenvalue weighted by atomic mass is 10.1. The number of nitrogens with one attached hydrogen (secondary N) is 2. The Kier molecular flexibility index (Phi) is 5.33. The van der Waals surface area contributed by atoms with Crippen LogP contribution in [0.3, 0.4) is 0 Å². The van der Waals surface area contributed by atoms with E-state index < -0.39 is 0 Å². The van der Waals surface area contributed by atoms with Gasteiger partial charge in [0.1, 0.15) is 5.52 Å². The highest BCUT2D eigenvalue weighted by molar-refractivity contribution is 7.80. The summed E-state index contributed by atoms with van der Waals surface area (Å²) >= 11 is 5.31. The Hall–Kier alpha value is -3.51. The van der Waals surface area contributed by atoms with E-state index in [4.69, 9.17) is 16.6 Å². The molecule has 0 saturated carbocycles. The minimum atomic E-state index is -0.247. The van der Waals surface area contributed by atoms with Gasteiger partial charge in [-0.15, -0.1) is 0 Å². The quantitative estimate of drug-likeness (QED) is 0.430. The molecule has 6 heteroatoms. The molecule has 4 aromatic rings. The zero-order chi connectivity index (χ0) is 21.3. The Labute approximate surface area is 180 Å². The van der Waals surface area contributed by atoms with Crippen molar-refractivity contribution < 1.29 is 9.21 Å². The van der Waals surface area contributed by atoms with Crippen molar-refractivity contribution in [2.45, 2.75) is 20.8 Å². The van der Waals surface area contributed by atoms with Crippen LogP contribution < -0.4 is 10.6 Å². The van der Waals surface area contributed by atoms with Crippen molar-refractivity contribution in [1.29, 1.82) is 0 Å². The van der Waals surface area contributed by atoms with E-state index in [0.717, 1.165) is 27.9 Å². The summed E-state index contributed by atoms with van der Waals surface area (Å²) in [6, 6.07) is 19.2. The van der Waals surface area contributed by atoms with Gasteiger partial charge in [0, 0.05) is 16.8 Å². The second-order valence-corrected chi connectivity index (χ2v) is 7.76. The monoisotopic (exact) mass is 415 g/mol. The first kappa shape index (κ1) is 19.8. The number of benzene rings is 3. The van der Waals surface area contributed by atoms with E-state index in [2.05, 4.69) is 15.6 Å². The van der Waals surface area contributed by atoms with E-state index in [1.807, 2.05) is 81.4 Å². The highest BCUT2D eigenvalue weighted by Gasteiger charge is 2.12. The minimum absolute atomic E-state index is 0.223.